The van der Waals surface area contributed by atoms with Gasteiger partial charge in [-0.05, 0) is 60.0 Å². The predicted octanol–water partition coefficient (Wildman–Crippen LogP) is 5.84. The average Bonchev–Trinajstić information content (AvgIpc) is 2.95. The van der Waals surface area contributed by atoms with E-state index < -0.39 is 6.04 Å². The molecule has 202 valence electrons. The summed E-state index contributed by atoms with van der Waals surface area (Å²) in [4.78, 5) is 13.5. The van der Waals surface area contributed by atoms with Crippen LogP contribution in [-0.4, -0.2) is 18.3 Å². The number of amides is 1. The van der Waals surface area contributed by atoms with Crippen molar-refractivity contribution in [3.63, 3.8) is 0 Å². The fraction of sp³-hybridized carbons (Fsp3) is 0.161. The number of amidine groups is 1. The third-order valence-electron chi connectivity index (χ3n) is 5.87. The van der Waals surface area contributed by atoms with Crippen LogP contribution in [0.25, 0.3) is 0 Å². The second kappa shape index (κ2) is 14.4. The van der Waals surface area contributed by atoms with Crippen LogP contribution < -0.4 is 25.8 Å². The van der Waals surface area contributed by atoms with E-state index in [4.69, 9.17) is 20.6 Å². The molecule has 4 aromatic carbocycles. The number of carbonyl (C=O) groups is 1. The fourth-order valence-corrected chi connectivity index (χ4v) is 3.93. The van der Waals surface area contributed by atoms with Gasteiger partial charge in [-0.15, -0.1) is 12.4 Å². The van der Waals surface area contributed by atoms with Crippen LogP contribution in [0.4, 0.5) is 5.69 Å². The lowest BCUT2D eigenvalue weighted by Crippen LogP contribution is -2.33. The number of benzene rings is 4. The third kappa shape index (κ3) is 8.51. The van der Waals surface area contributed by atoms with Gasteiger partial charge < -0.3 is 25.8 Å². The first kappa shape index (κ1) is 29.1. The van der Waals surface area contributed by atoms with Crippen LogP contribution in [-0.2, 0) is 17.9 Å². The molecule has 0 bridgehead atoms. The normalized spacial score (nSPS) is 11.0. The van der Waals surface area contributed by atoms with Gasteiger partial charge in [0, 0.05) is 23.9 Å². The fourth-order valence-electron chi connectivity index (χ4n) is 3.93. The standard InChI is InChI=1S/C31H32N4O3.ClH/c1-2-37-27-17-25(18-28(19-27)38-21-23-11-7-4-8-12-23)29(31(36)34-20-22-9-5-3-6-10-22)35-26-15-13-24(14-16-26)30(32)33;/h3-19,29,35H,2,20-21H2,1H3,(H3,32,33)(H,34,36);1H. The van der Waals surface area contributed by atoms with E-state index in [1.807, 2.05) is 85.8 Å². The van der Waals surface area contributed by atoms with Gasteiger partial charge in [0.1, 0.15) is 30.0 Å². The second-order valence-electron chi connectivity index (χ2n) is 8.72. The van der Waals surface area contributed by atoms with Gasteiger partial charge in [-0.3, -0.25) is 10.2 Å². The van der Waals surface area contributed by atoms with Gasteiger partial charge >= 0.3 is 0 Å². The van der Waals surface area contributed by atoms with Crippen molar-refractivity contribution in [2.75, 3.05) is 11.9 Å². The number of carbonyl (C=O) groups excluding carboxylic acids is 1. The van der Waals surface area contributed by atoms with Gasteiger partial charge in [0.15, 0.2) is 0 Å². The molecular formula is C31H33ClN4O3. The number of anilines is 1. The van der Waals surface area contributed by atoms with E-state index in [1.165, 1.54) is 0 Å². The Balaban J connectivity index is 0.00000420. The Morgan fingerprint density at radius 1 is 0.846 bits per heavy atom. The molecule has 7 nitrogen and oxygen atoms in total. The van der Waals surface area contributed by atoms with Gasteiger partial charge in [-0.25, -0.2) is 0 Å². The van der Waals surface area contributed by atoms with E-state index >= 15 is 0 Å². The van der Waals surface area contributed by atoms with E-state index in [0.717, 1.165) is 11.1 Å². The minimum atomic E-state index is -0.735. The Hall–Kier alpha value is -4.49. The van der Waals surface area contributed by atoms with Crippen LogP contribution in [0, 0.1) is 5.41 Å². The Kier molecular flexibility index (Phi) is 10.8. The van der Waals surface area contributed by atoms with Crippen LogP contribution in [0.5, 0.6) is 11.5 Å². The summed E-state index contributed by atoms with van der Waals surface area (Å²) in [6.45, 7) is 3.17. The van der Waals surface area contributed by atoms with Crippen molar-refractivity contribution in [2.45, 2.75) is 26.1 Å². The molecule has 0 aliphatic heterocycles. The number of ether oxygens (including phenoxy) is 2. The molecular weight excluding hydrogens is 512 g/mol. The van der Waals surface area contributed by atoms with Crippen molar-refractivity contribution >= 4 is 29.8 Å². The summed E-state index contributed by atoms with van der Waals surface area (Å²) < 4.78 is 11.9. The highest BCUT2D eigenvalue weighted by Crippen LogP contribution is 2.30. The first-order valence-corrected chi connectivity index (χ1v) is 12.5. The summed E-state index contributed by atoms with van der Waals surface area (Å²) in [5, 5.41) is 14.0. The van der Waals surface area contributed by atoms with Crippen LogP contribution in [0.15, 0.2) is 103 Å². The smallest absolute Gasteiger partial charge is 0.247 e. The molecule has 0 radical (unpaired) electrons. The largest absolute Gasteiger partial charge is 0.494 e. The van der Waals surface area contributed by atoms with E-state index in [0.29, 0.717) is 48.1 Å². The molecule has 0 aliphatic rings. The average molecular weight is 545 g/mol. The van der Waals surface area contributed by atoms with Gasteiger partial charge in [0.05, 0.1) is 6.61 Å². The first-order valence-electron chi connectivity index (χ1n) is 12.5. The molecule has 4 aromatic rings. The molecule has 1 atom stereocenters. The molecule has 4 rings (SSSR count). The number of nitrogens with one attached hydrogen (secondary N) is 3. The molecule has 1 amide bonds. The number of nitrogens with two attached hydrogens (primary N) is 1. The number of halogens is 1. The first-order chi connectivity index (χ1) is 18.5. The van der Waals surface area contributed by atoms with E-state index in [1.54, 1.807) is 24.3 Å². The molecule has 5 N–H and O–H groups in total. The maximum absolute atomic E-state index is 13.5. The third-order valence-corrected chi connectivity index (χ3v) is 5.87. The van der Waals surface area contributed by atoms with E-state index in [-0.39, 0.29) is 24.1 Å². The zero-order valence-corrected chi connectivity index (χ0v) is 22.5. The molecule has 39 heavy (non-hydrogen) atoms. The second-order valence-corrected chi connectivity index (χ2v) is 8.72. The Labute approximate surface area is 235 Å². The molecule has 0 aliphatic carbocycles. The maximum Gasteiger partial charge on any atom is 0.247 e. The number of rotatable bonds is 12. The molecule has 8 heteroatoms. The minimum Gasteiger partial charge on any atom is -0.494 e. The summed E-state index contributed by atoms with van der Waals surface area (Å²) in [5.74, 6) is 0.998. The summed E-state index contributed by atoms with van der Waals surface area (Å²) in [6, 6.07) is 31.5. The van der Waals surface area contributed by atoms with E-state index in [2.05, 4.69) is 10.6 Å². The Morgan fingerprint density at radius 2 is 1.44 bits per heavy atom. The van der Waals surface area contributed by atoms with Crippen LogP contribution >= 0.6 is 12.4 Å². The number of hydrogen-bond donors (Lipinski definition) is 4. The maximum atomic E-state index is 13.5. The van der Waals surface area contributed by atoms with Crippen LogP contribution in [0.1, 0.15) is 35.2 Å². The van der Waals surface area contributed by atoms with Crippen molar-refractivity contribution in [1.29, 1.82) is 5.41 Å². The summed E-state index contributed by atoms with van der Waals surface area (Å²) in [6.07, 6.45) is 0. The molecule has 1 unspecified atom stereocenters. The highest BCUT2D eigenvalue weighted by atomic mass is 35.5. The lowest BCUT2D eigenvalue weighted by atomic mass is 10.0. The monoisotopic (exact) mass is 544 g/mol. The van der Waals surface area contributed by atoms with Crippen molar-refractivity contribution in [1.82, 2.24) is 5.32 Å². The zero-order valence-electron chi connectivity index (χ0n) is 21.7. The van der Waals surface area contributed by atoms with E-state index in [9.17, 15) is 4.79 Å². The SMILES string of the molecule is CCOc1cc(OCc2ccccc2)cc(C(Nc2ccc(C(=N)N)cc2)C(=O)NCc2ccccc2)c1.Cl. The minimum absolute atomic E-state index is 0. The summed E-state index contributed by atoms with van der Waals surface area (Å²) in [5.41, 5.74) is 9.65. The lowest BCUT2D eigenvalue weighted by Gasteiger charge is -2.22. The number of nitrogen functional groups attached to an aromatic ring is 1. The van der Waals surface area contributed by atoms with Crippen molar-refractivity contribution in [2.24, 2.45) is 5.73 Å². The van der Waals surface area contributed by atoms with Gasteiger partial charge in [0.25, 0.3) is 0 Å². The Morgan fingerprint density at radius 3 is 2.03 bits per heavy atom. The molecule has 0 spiro atoms. The predicted molar refractivity (Wildman–Crippen MR) is 158 cm³/mol. The van der Waals surface area contributed by atoms with Crippen molar-refractivity contribution in [3.8, 4) is 11.5 Å². The molecule has 0 saturated heterocycles. The van der Waals surface area contributed by atoms with Crippen LogP contribution in [0.2, 0.25) is 0 Å². The van der Waals surface area contributed by atoms with Crippen molar-refractivity contribution in [3.05, 3.63) is 125 Å². The lowest BCUT2D eigenvalue weighted by molar-refractivity contribution is -0.122. The molecule has 0 aromatic heterocycles. The molecule has 0 fully saturated rings. The topological polar surface area (TPSA) is 109 Å². The molecule has 0 heterocycles. The van der Waals surface area contributed by atoms with Gasteiger partial charge in [0.2, 0.25) is 5.91 Å². The number of hydrogen-bond acceptors (Lipinski definition) is 5. The Bertz CT molecular complexity index is 1350. The quantitative estimate of drug-likeness (QED) is 0.132. The zero-order chi connectivity index (χ0) is 26.7. The van der Waals surface area contributed by atoms with Gasteiger partial charge in [-0.2, -0.15) is 0 Å². The van der Waals surface area contributed by atoms with Crippen molar-refractivity contribution < 1.29 is 14.3 Å². The molecule has 0 saturated carbocycles. The summed E-state index contributed by atoms with van der Waals surface area (Å²) >= 11 is 0. The summed E-state index contributed by atoms with van der Waals surface area (Å²) in [7, 11) is 0. The highest BCUT2D eigenvalue weighted by Gasteiger charge is 2.22. The van der Waals surface area contributed by atoms with Gasteiger partial charge in [-0.1, -0.05) is 60.7 Å². The van der Waals surface area contributed by atoms with Crippen LogP contribution in [0.3, 0.4) is 0 Å². The highest BCUT2D eigenvalue weighted by molar-refractivity contribution is 5.95.